The first-order valence-electron chi connectivity index (χ1n) is 1.51. The summed E-state index contributed by atoms with van der Waals surface area (Å²) in [6.45, 7) is 3.27. The topological polar surface area (TPSA) is 9.23 Å². The summed E-state index contributed by atoms with van der Waals surface area (Å²) in [6, 6.07) is 0. The van der Waals surface area contributed by atoms with Crippen molar-refractivity contribution in [1.29, 1.82) is 0 Å². The van der Waals surface area contributed by atoms with Crippen molar-refractivity contribution in [3.05, 3.63) is 12.3 Å². The predicted octanol–water partition coefficient (Wildman–Crippen LogP) is -2.14. The molecule has 0 amide bonds. The molecular weight excluding hydrogens is 124 g/mol. The third-order valence-corrected chi connectivity index (χ3v) is 0. The minimum atomic E-state index is 0.931. The van der Waals surface area contributed by atoms with Crippen molar-refractivity contribution in [3.63, 3.8) is 0 Å². The van der Waals surface area contributed by atoms with E-state index in [1.807, 2.05) is 0 Å². The Kier molecular flexibility index (Phi) is 29.3. The van der Waals surface area contributed by atoms with Crippen LogP contribution in [0.25, 0.3) is 0 Å². The maximum atomic E-state index is 4.53. The molecule has 0 saturated heterocycles. The van der Waals surface area contributed by atoms with Crippen LogP contribution >= 0.6 is 0 Å². The molecule has 0 aromatic carbocycles. The zero-order chi connectivity index (χ0) is 5.41. The van der Waals surface area contributed by atoms with Crippen LogP contribution in [0.1, 0.15) is 0 Å². The van der Waals surface area contributed by atoms with Gasteiger partial charge in [-0.15, -0.1) is 12.3 Å². The molecule has 1 nitrogen and oxygen atoms in total. The quantitative estimate of drug-likeness (QED) is 0.343. The van der Waals surface area contributed by atoms with Crippen molar-refractivity contribution in [2.24, 2.45) is 0 Å². The molecule has 0 aliphatic carbocycles. The van der Waals surface area contributed by atoms with E-state index in [0.717, 1.165) is 21.0 Å². The average molecular weight is 133 g/mol. The van der Waals surface area contributed by atoms with Gasteiger partial charge in [-0.3, -0.25) is 0 Å². The minimum absolute atomic E-state index is 0.931. The molecule has 35 valence electrons. The zero-order valence-corrected chi connectivity index (χ0v) is 9.19. The summed E-state index contributed by atoms with van der Waals surface area (Å²) in [5.41, 5.74) is 1.56. The Labute approximate surface area is 48.3 Å². The van der Waals surface area contributed by atoms with E-state index in [0.29, 0.717) is 0 Å². The molecule has 6 heavy (non-hydrogen) atoms. The standard InChI is InChI=1S/C2H3Si.H6OSi2/c1-2-3;2-1-3/h2H,1H2;2-3H3. The lowest BCUT2D eigenvalue weighted by Crippen LogP contribution is -1.65. The summed E-state index contributed by atoms with van der Waals surface area (Å²) in [7, 11) is 4.81. The van der Waals surface area contributed by atoms with Crippen LogP contribution in [0.5, 0.6) is 0 Å². The second-order valence-electron chi connectivity index (χ2n) is 0.612. The van der Waals surface area contributed by atoms with Gasteiger partial charge in [0.25, 0.3) is 0 Å². The fourth-order valence-electron chi connectivity index (χ4n) is 0. The Morgan fingerprint density at radius 3 is 1.67 bits per heavy atom. The lowest BCUT2D eigenvalue weighted by atomic mass is 11.3. The molecule has 0 spiro atoms. The van der Waals surface area contributed by atoms with E-state index in [1.54, 1.807) is 5.70 Å². The van der Waals surface area contributed by atoms with Crippen LogP contribution in [0.2, 0.25) is 0 Å². The number of rotatable bonds is 0. The van der Waals surface area contributed by atoms with Crippen LogP contribution in [0.4, 0.5) is 0 Å². The van der Waals surface area contributed by atoms with E-state index in [-0.39, 0.29) is 0 Å². The van der Waals surface area contributed by atoms with Crippen LogP contribution < -0.4 is 0 Å². The molecule has 0 unspecified atom stereocenters. The Hall–Kier alpha value is 0.351. The van der Waals surface area contributed by atoms with E-state index in [1.165, 1.54) is 0 Å². The van der Waals surface area contributed by atoms with Gasteiger partial charge in [0.2, 0.25) is 0 Å². The summed E-state index contributed by atoms with van der Waals surface area (Å²) in [4.78, 5) is 0. The van der Waals surface area contributed by atoms with Gasteiger partial charge < -0.3 is 4.12 Å². The molecule has 0 saturated carbocycles. The maximum Gasteiger partial charge on any atom is 0.129 e. The molecule has 0 heterocycles. The van der Waals surface area contributed by atoms with E-state index in [9.17, 15) is 0 Å². The molecule has 0 bridgehead atoms. The SMILES string of the molecule is C=C[Si].[SiH3]O[SiH3]. The molecule has 0 aromatic rings. The Balaban J connectivity index is 0. The molecular formula is C2H9OSi3. The van der Waals surface area contributed by atoms with E-state index >= 15 is 0 Å². The average Bonchev–Trinajstić information content (AvgIpc) is 1.39. The molecule has 0 fully saturated rings. The van der Waals surface area contributed by atoms with Gasteiger partial charge in [0.05, 0.1) is 10.2 Å². The van der Waals surface area contributed by atoms with Crippen molar-refractivity contribution >= 4 is 31.2 Å². The monoisotopic (exact) mass is 133 g/mol. The molecule has 0 N–H and O–H groups in total. The third-order valence-electron chi connectivity index (χ3n) is 0. The summed E-state index contributed by atoms with van der Waals surface area (Å²) >= 11 is 0. The number of hydrogen-bond donors (Lipinski definition) is 0. The fourth-order valence-corrected chi connectivity index (χ4v) is 0. The molecule has 3 radical (unpaired) electrons. The van der Waals surface area contributed by atoms with Gasteiger partial charge in [0.1, 0.15) is 21.0 Å². The third kappa shape index (κ3) is 397. The van der Waals surface area contributed by atoms with Crippen molar-refractivity contribution < 1.29 is 4.12 Å². The highest BCUT2D eigenvalue weighted by Crippen LogP contribution is 1.24. The highest BCUT2D eigenvalue weighted by Gasteiger charge is 1.28. The van der Waals surface area contributed by atoms with Crippen molar-refractivity contribution in [3.8, 4) is 0 Å². The van der Waals surface area contributed by atoms with Gasteiger partial charge in [-0.25, -0.2) is 0 Å². The molecule has 0 aromatic heterocycles. The van der Waals surface area contributed by atoms with Crippen LogP contribution in [0.3, 0.4) is 0 Å². The molecule has 0 aliphatic rings. The molecule has 0 atom stereocenters. The van der Waals surface area contributed by atoms with E-state index in [4.69, 9.17) is 0 Å². The van der Waals surface area contributed by atoms with Gasteiger partial charge in [0.15, 0.2) is 0 Å². The first kappa shape index (κ1) is 9.61. The second kappa shape index (κ2) is 18.3. The largest absolute Gasteiger partial charge is 0.471 e. The van der Waals surface area contributed by atoms with Crippen LogP contribution in [-0.2, 0) is 4.12 Å². The molecule has 0 aliphatic heterocycles. The minimum Gasteiger partial charge on any atom is -0.471 e. The van der Waals surface area contributed by atoms with Crippen molar-refractivity contribution in [2.75, 3.05) is 0 Å². The highest BCUT2D eigenvalue weighted by atomic mass is 28.3. The smallest absolute Gasteiger partial charge is 0.129 e. The maximum absolute atomic E-state index is 4.53. The summed E-state index contributed by atoms with van der Waals surface area (Å²) < 4.78 is 4.53. The second-order valence-corrected chi connectivity index (χ2v) is 4.29. The van der Waals surface area contributed by atoms with Crippen LogP contribution in [0.15, 0.2) is 12.3 Å². The normalized spacial score (nSPS) is 6.17. The summed E-state index contributed by atoms with van der Waals surface area (Å²) in [5.74, 6) is 0. The first-order chi connectivity index (χ1) is 2.83. The van der Waals surface area contributed by atoms with Crippen LogP contribution in [-0.4, -0.2) is 31.2 Å². The Bertz CT molecular complexity index is 22.8. The highest BCUT2D eigenvalue weighted by molar-refractivity contribution is 6.16. The van der Waals surface area contributed by atoms with Crippen molar-refractivity contribution in [1.82, 2.24) is 0 Å². The van der Waals surface area contributed by atoms with Gasteiger partial charge in [-0.1, -0.05) is 0 Å². The Morgan fingerprint density at radius 2 is 1.67 bits per heavy atom. The van der Waals surface area contributed by atoms with Gasteiger partial charge in [-0.05, 0) is 0 Å². The molecule has 4 heteroatoms. The first-order valence-corrected chi connectivity index (χ1v) is 3.72. The van der Waals surface area contributed by atoms with E-state index < -0.39 is 0 Å². The predicted molar refractivity (Wildman–Crippen MR) is 36.9 cm³/mol. The van der Waals surface area contributed by atoms with E-state index in [2.05, 4.69) is 20.9 Å². The van der Waals surface area contributed by atoms with Gasteiger partial charge in [-0.2, -0.15) is 0 Å². The number of hydrogen-bond acceptors (Lipinski definition) is 1. The zero-order valence-electron chi connectivity index (χ0n) is 4.19. The van der Waals surface area contributed by atoms with Crippen molar-refractivity contribution in [2.45, 2.75) is 0 Å². The van der Waals surface area contributed by atoms with Gasteiger partial charge >= 0.3 is 0 Å². The van der Waals surface area contributed by atoms with Crippen LogP contribution in [0, 0.1) is 0 Å². The summed E-state index contributed by atoms with van der Waals surface area (Å²) in [5, 5.41) is 0. The Morgan fingerprint density at radius 1 is 1.67 bits per heavy atom. The summed E-state index contributed by atoms with van der Waals surface area (Å²) in [6.07, 6.45) is 0. The molecule has 0 rings (SSSR count). The lowest BCUT2D eigenvalue weighted by Gasteiger charge is -1.62. The fraction of sp³-hybridized carbons (Fsp3) is 0. The lowest BCUT2D eigenvalue weighted by molar-refractivity contribution is 0.690. The van der Waals surface area contributed by atoms with Gasteiger partial charge in [0, 0.05) is 0 Å².